The number of nitrogens with one attached hydrogen (secondary N) is 2. The molecule has 0 bridgehead atoms. The summed E-state index contributed by atoms with van der Waals surface area (Å²) in [7, 11) is 0. The van der Waals surface area contributed by atoms with Crippen molar-refractivity contribution in [3.8, 4) is 11.1 Å². The van der Waals surface area contributed by atoms with E-state index in [9.17, 15) is 4.79 Å². The lowest BCUT2D eigenvalue weighted by Crippen LogP contribution is -2.22. The zero-order valence-corrected chi connectivity index (χ0v) is 15.1. The van der Waals surface area contributed by atoms with Crippen LogP contribution in [0.15, 0.2) is 65.0 Å². The summed E-state index contributed by atoms with van der Waals surface area (Å²) in [5.41, 5.74) is 3.02. The molecule has 2 N–H and O–H groups in total. The first-order valence-electron chi connectivity index (χ1n) is 8.41. The van der Waals surface area contributed by atoms with Gasteiger partial charge in [0.15, 0.2) is 0 Å². The van der Waals surface area contributed by atoms with Crippen molar-refractivity contribution < 1.29 is 0 Å². The molecule has 5 nitrogen and oxygen atoms in total. The monoisotopic (exact) mass is 362 g/mol. The number of hydrogen-bond acceptors (Lipinski definition) is 5. The molecule has 1 unspecified atom stereocenters. The van der Waals surface area contributed by atoms with Crippen molar-refractivity contribution in [2.45, 2.75) is 19.5 Å². The molecule has 3 heterocycles. The molecular formula is C20H18N4OS. The molecule has 0 spiro atoms. The van der Waals surface area contributed by atoms with Crippen LogP contribution in [0.2, 0.25) is 0 Å². The van der Waals surface area contributed by atoms with Crippen LogP contribution in [0.5, 0.6) is 0 Å². The van der Waals surface area contributed by atoms with Gasteiger partial charge >= 0.3 is 0 Å². The van der Waals surface area contributed by atoms with Crippen LogP contribution in [-0.2, 0) is 6.54 Å². The Hall–Kier alpha value is -2.83. The maximum Gasteiger partial charge on any atom is 0.260 e. The number of nitrogens with zero attached hydrogens (tertiary/aromatic N) is 2. The van der Waals surface area contributed by atoms with Gasteiger partial charge in [0.1, 0.15) is 10.7 Å². The quantitative estimate of drug-likeness (QED) is 0.565. The van der Waals surface area contributed by atoms with Crippen molar-refractivity contribution in [2.75, 3.05) is 0 Å². The molecule has 4 aromatic rings. The van der Waals surface area contributed by atoms with E-state index in [1.54, 1.807) is 12.4 Å². The Balaban J connectivity index is 1.60. The van der Waals surface area contributed by atoms with Gasteiger partial charge in [0, 0.05) is 29.4 Å². The number of thiophene rings is 1. The van der Waals surface area contributed by atoms with Crippen molar-refractivity contribution >= 4 is 21.6 Å². The summed E-state index contributed by atoms with van der Waals surface area (Å²) < 4.78 is 0. The van der Waals surface area contributed by atoms with E-state index in [1.807, 2.05) is 47.8 Å². The summed E-state index contributed by atoms with van der Waals surface area (Å²) in [4.78, 5) is 25.0. The van der Waals surface area contributed by atoms with Gasteiger partial charge < -0.3 is 10.3 Å². The fourth-order valence-electron chi connectivity index (χ4n) is 2.93. The van der Waals surface area contributed by atoms with Crippen LogP contribution in [-0.4, -0.2) is 15.0 Å². The first-order valence-corrected chi connectivity index (χ1v) is 9.29. The normalized spacial score (nSPS) is 12.3. The Bertz CT molecular complexity index is 1070. The third-order valence-electron chi connectivity index (χ3n) is 4.36. The molecule has 130 valence electrons. The van der Waals surface area contributed by atoms with Crippen LogP contribution in [0.25, 0.3) is 21.3 Å². The topological polar surface area (TPSA) is 70.7 Å². The molecule has 0 radical (unpaired) electrons. The molecule has 0 aliphatic carbocycles. The van der Waals surface area contributed by atoms with E-state index in [0.29, 0.717) is 17.8 Å². The maximum atomic E-state index is 12.6. The van der Waals surface area contributed by atoms with E-state index in [2.05, 4.69) is 27.2 Å². The molecule has 4 rings (SSSR count). The Kier molecular flexibility index (Phi) is 4.60. The highest BCUT2D eigenvalue weighted by molar-refractivity contribution is 7.17. The molecular weight excluding hydrogens is 344 g/mol. The van der Waals surface area contributed by atoms with Gasteiger partial charge in [-0.05, 0) is 30.2 Å². The van der Waals surface area contributed by atoms with E-state index in [-0.39, 0.29) is 11.6 Å². The first kappa shape index (κ1) is 16.6. The number of hydrogen-bond donors (Lipinski definition) is 2. The van der Waals surface area contributed by atoms with E-state index in [1.165, 1.54) is 11.3 Å². The third kappa shape index (κ3) is 3.29. The highest BCUT2D eigenvalue weighted by Crippen LogP contribution is 2.30. The van der Waals surface area contributed by atoms with Crippen molar-refractivity contribution in [1.29, 1.82) is 0 Å². The second kappa shape index (κ2) is 7.19. The number of H-pyrrole nitrogens is 1. The molecule has 0 fully saturated rings. The predicted molar refractivity (Wildman–Crippen MR) is 105 cm³/mol. The predicted octanol–water partition coefficient (Wildman–Crippen LogP) is 3.90. The number of benzene rings is 1. The molecule has 6 heteroatoms. The fraction of sp³-hybridized carbons (Fsp3) is 0.150. The Labute approximate surface area is 154 Å². The van der Waals surface area contributed by atoms with E-state index in [4.69, 9.17) is 0 Å². The average molecular weight is 362 g/mol. The number of pyridine rings is 1. The highest BCUT2D eigenvalue weighted by Gasteiger charge is 2.13. The van der Waals surface area contributed by atoms with Crippen LogP contribution in [0, 0.1) is 0 Å². The SMILES string of the molecule is CC(NCc1nc2scc(-c3ccccc3)c2c(=O)[nH]1)c1ccncc1. The molecule has 3 aromatic heterocycles. The van der Waals surface area contributed by atoms with Crippen LogP contribution < -0.4 is 10.9 Å². The van der Waals surface area contributed by atoms with E-state index < -0.39 is 0 Å². The smallest absolute Gasteiger partial charge is 0.260 e. The summed E-state index contributed by atoms with van der Waals surface area (Å²) in [6.07, 6.45) is 3.55. The molecule has 0 aliphatic rings. The standard InChI is InChI=1S/C20H18N4OS/c1-13(14-7-9-21-10-8-14)22-11-17-23-19(25)18-16(12-26-20(18)24-17)15-5-3-2-4-6-15/h2-10,12-13,22H,11H2,1H3,(H,23,24,25). The Morgan fingerprint density at radius 3 is 2.69 bits per heavy atom. The Morgan fingerprint density at radius 1 is 1.15 bits per heavy atom. The average Bonchev–Trinajstić information content (AvgIpc) is 3.12. The van der Waals surface area contributed by atoms with Crippen LogP contribution in [0.3, 0.4) is 0 Å². The molecule has 1 atom stereocenters. The molecule has 0 saturated carbocycles. The lowest BCUT2D eigenvalue weighted by molar-refractivity contribution is 0.559. The minimum absolute atomic E-state index is 0.0940. The number of aromatic nitrogens is 3. The van der Waals surface area contributed by atoms with Crippen LogP contribution in [0.4, 0.5) is 0 Å². The van der Waals surface area contributed by atoms with E-state index >= 15 is 0 Å². The minimum Gasteiger partial charge on any atom is -0.309 e. The zero-order valence-electron chi connectivity index (χ0n) is 14.3. The molecule has 0 saturated heterocycles. The Morgan fingerprint density at radius 2 is 1.92 bits per heavy atom. The molecule has 0 amide bonds. The lowest BCUT2D eigenvalue weighted by Gasteiger charge is -2.13. The van der Waals surface area contributed by atoms with Gasteiger partial charge in [0.05, 0.1) is 11.9 Å². The first-order chi connectivity index (χ1) is 12.7. The summed E-state index contributed by atoms with van der Waals surface area (Å²) in [5.74, 6) is 0.643. The van der Waals surface area contributed by atoms with Crippen molar-refractivity contribution in [3.63, 3.8) is 0 Å². The maximum absolute atomic E-state index is 12.6. The minimum atomic E-state index is -0.0940. The number of fused-ring (bicyclic) bond motifs is 1. The van der Waals surface area contributed by atoms with Gasteiger partial charge in [-0.3, -0.25) is 9.78 Å². The van der Waals surface area contributed by atoms with Crippen LogP contribution >= 0.6 is 11.3 Å². The van der Waals surface area contributed by atoms with Gasteiger partial charge in [-0.1, -0.05) is 30.3 Å². The third-order valence-corrected chi connectivity index (χ3v) is 5.23. The summed E-state index contributed by atoms with van der Waals surface area (Å²) >= 11 is 1.50. The second-order valence-corrected chi connectivity index (χ2v) is 6.95. The fourth-order valence-corrected chi connectivity index (χ4v) is 3.89. The second-order valence-electron chi connectivity index (χ2n) is 6.09. The number of rotatable bonds is 5. The van der Waals surface area contributed by atoms with Crippen LogP contribution in [0.1, 0.15) is 24.4 Å². The van der Waals surface area contributed by atoms with Gasteiger partial charge in [0.2, 0.25) is 0 Å². The lowest BCUT2D eigenvalue weighted by atomic mass is 10.1. The summed E-state index contributed by atoms with van der Waals surface area (Å²) in [5, 5.41) is 6.05. The summed E-state index contributed by atoms with van der Waals surface area (Å²) in [6, 6.07) is 14.0. The zero-order chi connectivity index (χ0) is 17.9. The van der Waals surface area contributed by atoms with Gasteiger partial charge in [0.25, 0.3) is 5.56 Å². The van der Waals surface area contributed by atoms with Crippen molar-refractivity contribution in [3.05, 3.63) is 82.0 Å². The number of aromatic amines is 1. The highest BCUT2D eigenvalue weighted by atomic mass is 32.1. The van der Waals surface area contributed by atoms with E-state index in [0.717, 1.165) is 21.5 Å². The van der Waals surface area contributed by atoms with Gasteiger partial charge in [-0.25, -0.2) is 4.98 Å². The largest absolute Gasteiger partial charge is 0.309 e. The molecule has 1 aromatic carbocycles. The van der Waals surface area contributed by atoms with Gasteiger partial charge in [-0.15, -0.1) is 11.3 Å². The van der Waals surface area contributed by atoms with Crippen molar-refractivity contribution in [1.82, 2.24) is 20.3 Å². The van der Waals surface area contributed by atoms with Gasteiger partial charge in [-0.2, -0.15) is 0 Å². The molecule has 26 heavy (non-hydrogen) atoms. The molecule has 0 aliphatic heterocycles. The summed E-state index contributed by atoms with van der Waals surface area (Å²) in [6.45, 7) is 2.57. The van der Waals surface area contributed by atoms with Crippen molar-refractivity contribution in [2.24, 2.45) is 0 Å².